The van der Waals surface area contributed by atoms with Gasteiger partial charge in [-0.1, -0.05) is 38.1 Å². The molecule has 0 aliphatic heterocycles. The minimum atomic E-state index is -0.438. The van der Waals surface area contributed by atoms with Crippen molar-refractivity contribution in [3.8, 4) is 11.5 Å². The second-order valence-corrected chi connectivity index (χ2v) is 8.02. The summed E-state index contributed by atoms with van der Waals surface area (Å²) in [6, 6.07) is 19.1. The number of hydrogen-bond donors (Lipinski definition) is 1. The molecule has 0 spiro atoms. The van der Waals surface area contributed by atoms with Crippen molar-refractivity contribution < 1.29 is 19.2 Å². The first kappa shape index (κ1) is 23.8. The van der Waals surface area contributed by atoms with Gasteiger partial charge in [-0.3, -0.25) is 14.9 Å². The van der Waals surface area contributed by atoms with Gasteiger partial charge < -0.3 is 14.8 Å². The molecule has 1 N–H and O–H groups in total. The van der Waals surface area contributed by atoms with Gasteiger partial charge in [-0.15, -0.1) is 0 Å². The standard InChI is InChI=1S/C26H28N2O5/c1-17(2)18-5-7-19(8-6-18)23(27-21-10-12-22(13-11-21)28(30)31)16-24(29)20-9-14-25(32-3)26(15-20)33-4/h5-15,17,23,27H,16H2,1-4H3. The number of non-ortho nitro benzene ring substituents is 1. The molecular formula is C26H28N2O5. The van der Waals surface area contributed by atoms with Crippen LogP contribution in [0.15, 0.2) is 66.7 Å². The van der Waals surface area contributed by atoms with Crippen molar-refractivity contribution >= 4 is 17.2 Å². The maximum Gasteiger partial charge on any atom is 0.269 e. The number of nitro benzene ring substituents is 1. The van der Waals surface area contributed by atoms with Crippen LogP contribution < -0.4 is 14.8 Å². The SMILES string of the molecule is COc1ccc(C(=O)CC(Nc2ccc([N+](=O)[O-])cc2)c2ccc(C(C)C)cc2)cc1OC. The maximum absolute atomic E-state index is 13.2. The number of carbonyl (C=O) groups is 1. The van der Waals surface area contributed by atoms with E-state index in [-0.39, 0.29) is 23.9 Å². The lowest BCUT2D eigenvalue weighted by Crippen LogP contribution is -2.16. The third kappa shape index (κ3) is 5.88. The van der Waals surface area contributed by atoms with Gasteiger partial charge in [0.2, 0.25) is 0 Å². The van der Waals surface area contributed by atoms with Crippen LogP contribution in [0.1, 0.15) is 53.7 Å². The molecule has 0 heterocycles. The molecule has 3 aromatic carbocycles. The number of Topliss-reactive ketones (excluding diaryl/α,β-unsaturated/α-hetero) is 1. The molecule has 1 unspecified atom stereocenters. The fourth-order valence-corrected chi connectivity index (χ4v) is 3.56. The Labute approximate surface area is 193 Å². The minimum absolute atomic E-state index is 0.0137. The van der Waals surface area contributed by atoms with Crippen LogP contribution in [0.5, 0.6) is 11.5 Å². The third-order valence-electron chi connectivity index (χ3n) is 5.52. The summed E-state index contributed by atoms with van der Waals surface area (Å²) in [5.74, 6) is 1.38. The van der Waals surface area contributed by atoms with Crippen LogP contribution in [0.4, 0.5) is 11.4 Å². The van der Waals surface area contributed by atoms with E-state index in [4.69, 9.17) is 9.47 Å². The molecule has 172 valence electrons. The Balaban J connectivity index is 1.89. The van der Waals surface area contributed by atoms with Crippen molar-refractivity contribution in [3.63, 3.8) is 0 Å². The number of benzene rings is 3. The van der Waals surface area contributed by atoms with E-state index < -0.39 is 4.92 Å². The molecule has 0 saturated heterocycles. The molecule has 33 heavy (non-hydrogen) atoms. The number of nitrogens with one attached hydrogen (secondary N) is 1. The molecule has 0 fully saturated rings. The number of rotatable bonds is 10. The molecule has 3 aromatic rings. The van der Waals surface area contributed by atoms with Crippen LogP contribution in [0.2, 0.25) is 0 Å². The molecule has 0 aliphatic carbocycles. The normalized spacial score (nSPS) is 11.7. The van der Waals surface area contributed by atoms with Crippen LogP contribution in [-0.2, 0) is 0 Å². The number of nitrogens with zero attached hydrogens (tertiary/aromatic N) is 1. The van der Waals surface area contributed by atoms with E-state index in [1.54, 1.807) is 37.4 Å². The first-order valence-electron chi connectivity index (χ1n) is 10.7. The Morgan fingerprint density at radius 1 is 0.909 bits per heavy atom. The van der Waals surface area contributed by atoms with E-state index in [9.17, 15) is 14.9 Å². The van der Waals surface area contributed by atoms with Crippen LogP contribution in [-0.4, -0.2) is 24.9 Å². The summed E-state index contributed by atoms with van der Waals surface area (Å²) in [6.45, 7) is 4.25. The number of anilines is 1. The average Bonchev–Trinajstić information content (AvgIpc) is 2.83. The number of carbonyl (C=O) groups excluding carboxylic acids is 1. The van der Waals surface area contributed by atoms with Crippen molar-refractivity contribution in [2.75, 3.05) is 19.5 Å². The molecule has 7 nitrogen and oxygen atoms in total. The predicted molar refractivity (Wildman–Crippen MR) is 128 cm³/mol. The van der Waals surface area contributed by atoms with E-state index >= 15 is 0 Å². The van der Waals surface area contributed by atoms with Gasteiger partial charge in [-0.05, 0) is 47.4 Å². The van der Waals surface area contributed by atoms with E-state index in [1.165, 1.54) is 24.8 Å². The van der Waals surface area contributed by atoms with Crippen LogP contribution >= 0.6 is 0 Å². The third-order valence-corrected chi connectivity index (χ3v) is 5.52. The monoisotopic (exact) mass is 448 g/mol. The summed E-state index contributed by atoms with van der Waals surface area (Å²) in [7, 11) is 3.08. The zero-order valence-electron chi connectivity index (χ0n) is 19.2. The fraction of sp³-hybridized carbons (Fsp3) is 0.269. The van der Waals surface area contributed by atoms with Gasteiger partial charge in [0.15, 0.2) is 17.3 Å². The van der Waals surface area contributed by atoms with Crippen LogP contribution in [0.3, 0.4) is 0 Å². The van der Waals surface area contributed by atoms with Crippen LogP contribution in [0, 0.1) is 10.1 Å². The van der Waals surface area contributed by atoms with E-state index in [2.05, 4.69) is 31.3 Å². The Kier molecular flexibility index (Phi) is 7.66. The summed E-state index contributed by atoms with van der Waals surface area (Å²) in [6.07, 6.45) is 0.188. The van der Waals surface area contributed by atoms with Crippen LogP contribution in [0.25, 0.3) is 0 Å². The Hall–Kier alpha value is -3.87. The highest BCUT2D eigenvalue weighted by atomic mass is 16.6. The maximum atomic E-state index is 13.2. The molecule has 7 heteroatoms. The molecule has 3 rings (SSSR count). The van der Waals surface area contributed by atoms with Gasteiger partial charge in [0.05, 0.1) is 25.2 Å². The van der Waals surface area contributed by atoms with Gasteiger partial charge in [-0.25, -0.2) is 0 Å². The highest BCUT2D eigenvalue weighted by Gasteiger charge is 2.19. The fourth-order valence-electron chi connectivity index (χ4n) is 3.56. The second kappa shape index (κ2) is 10.6. The number of hydrogen-bond acceptors (Lipinski definition) is 6. The first-order chi connectivity index (χ1) is 15.8. The summed E-state index contributed by atoms with van der Waals surface area (Å²) >= 11 is 0. The lowest BCUT2D eigenvalue weighted by molar-refractivity contribution is -0.384. The Bertz CT molecular complexity index is 1110. The summed E-state index contributed by atoms with van der Waals surface area (Å²) in [4.78, 5) is 23.7. The summed E-state index contributed by atoms with van der Waals surface area (Å²) in [5.41, 5.74) is 3.38. The topological polar surface area (TPSA) is 90.7 Å². The van der Waals surface area contributed by atoms with Crippen molar-refractivity contribution in [1.82, 2.24) is 0 Å². The number of methoxy groups -OCH3 is 2. The van der Waals surface area contributed by atoms with Crippen molar-refractivity contribution in [2.24, 2.45) is 0 Å². The van der Waals surface area contributed by atoms with Crippen molar-refractivity contribution in [2.45, 2.75) is 32.2 Å². The molecule has 0 aromatic heterocycles. The number of nitro groups is 1. The zero-order valence-corrected chi connectivity index (χ0v) is 19.2. The molecular weight excluding hydrogens is 420 g/mol. The molecule has 0 radical (unpaired) electrons. The van der Waals surface area contributed by atoms with Crippen molar-refractivity contribution in [1.29, 1.82) is 0 Å². The molecule has 0 saturated carbocycles. The minimum Gasteiger partial charge on any atom is -0.493 e. The van der Waals surface area contributed by atoms with Gasteiger partial charge in [-0.2, -0.15) is 0 Å². The number of ether oxygens (including phenoxy) is 2. The number of ketones is 1. The Morgan fingerprint density at radius 3 is 2.06 bits per heavy atom. The van der Waals surface area contributed by atoms with E-state index in [1.807, 2.05) is 12.1 Å². The van der Waals surface area contributed by atoms with Gasteiger partial charge in [0.1, 0.15) is 0 Å². The predicted octanol–water partition coefficient (Wildman–Crippen LogP) is 6.16. The van der Waals surface area contributed by atoms with Gasteiger partial charge >= 0.3 is 0 Å². The molecule has 1 atom stereocenters. The highest BCUT2D eigenvalue weighted by molar-refractivity contribution is 5.97. The van der Waals surface area contributed by atoms with Crippen molar-refractivity contribution in [3.05, 3.63) is 93.5 Å². The average molecular weight is 449 g/mol. The van der Waals surface area contributed by atoms with E-state index in [0.29, 0.717) is 28.7 Å². The lowest BCUT2D eigenvalue weighted by atomic mass is 9.94. The van der Waals surface area contributed by atoms with E-state index in [0.717, 1.165) is 5.56 Å². The molecule has 0 bridgehead atoms. The Morgan fingerprint density at radius 2 is 1.52 bits per heavy atom. The highest BCUT2D eigenvalue weighted by Crippen LogP contribution is 2.31. The zero-order chi connectivity index (χ0) is 24.0. The second-order valence-electron chi connectivity index (χ2n) is 8.02. The van der Waals surface area contributed by atoms with Gasteiger partial charge in [0, 0.05) is 29.8 Å². The van der Waals surface area contributed by atoms with Gasteiger partial charge in [0.25, 0.3) is 5.69 Å². The molecule has 0 amide bonds. The lowest BCUT2D eigenvalue weighted by Gasteiger charge is -2.21. The first-order valence-corrected chi connectivity index (χ1v) is 10.7. The quantitative estimate of drug-likeness (QED) is 0.227. The summed E-state index contributed by atoms with van der Waals surface area (Å²) in [5, 5.41) is 14.3. The molecule has 0 aliphatic rings. The largest absolute Gasteiger partial charge is 0.493 e. The smallest absolute Gasteiger partial charge is 0.269 e. The summed E-state index contributed by atoms with van der Waals surface area (Å²) < 4.78 is 10.6.